The van der Waals surface area contributed by atoms with Crippen LogP contribution in [0.25, 0.3) is 0 Å². The zero-order valence-electron chi connectivity index (χ0n) is 8.99. The molecule has 0 saturated heterocycles. The number of hydrogen-bond donors (Lipinski definition) is 2. The van der Waals surface area contributed by atoms with Crippen molar-refractivity contribution in [2.24, 2.45) is 23.3 Å². The van der Waals surface area contributed by atoms with Crippen molar-refractivity contribution in [1.82, 2.24) is 4.90 Å². The van der Waals surface area contributed by atoms with E-state index >= 15 is 0 Å². The van der Waals surface area contributed by atoms with E-state index in [2.05, 4.69) is 0 Å². The van der Waals surface area contributed by atoms with Crippen LogP contribution < -0.4 is 11.5 Å². The van der Waals surface area contributed by atoms with Gasteiger partial charge in [0.1, 0.15) is 0 Å². The molecule has 1 unspecified atom stereocenters. The molecular weight excluding hydrogens is 182 g/mol. The van der Waals surface area contributed by atoms with Gasteiger partial charge in [-0.3, -0.25) is 9.59 Å². The van der Waals surface area contributed by atoms with Crippen molar-refractivity contribution >= 4 is 11.8 Å². The van der Waals surface area contributed by atoms with Crippen LogP contribution in [0.3, 0.4) is 0 Å². The van der Waals surface area contributed by atoms with Gasteiger partial charge < -0.3 is 16.4 Å². The molecule has 0 spiro atoms. The first-order chi connectivity index (χ1) is 6.40. The van der Waals surface area contributed by atoms with E-state index in [-0.39, 0.29) is 24.3 Å². The molecule has 0 aromatic rings. The molecular formula is C9H19N3O2. The third-order valence-corrected chi connectivity index (χ3v) is 2.15. The van der Waals surface area contributed by atoms with Crippen LogP contribution in [0.4, 0.5) is 0 Å². The van der Waals surface area contributed by atoms with Gasteiger partial charge >= 0.3 is 0 Å². The third kappa shape index (κ3) is 3.74. The number of carbonyl (C=O) groups excluding carboxylic acids is 2. The Morgan fingerprint density at radius 1 is 1.36 bits per heavy atom. The van der Waals surface area contributed by atoms with Gasteiger partial charge in [0.25, 0.3) is 0 Å². The molecule has 0 saturated carbocycles. The lowest BCUT2D eigenvalue weighted by Crippen LogP contribution is -2.42. The van der Waals surface area contributed by atoms with Crippen LogP contribution in [0.15, 0.2) is 0 Å². The summed E-state index contributed by atoms with van der Waals surface area (Å²) < 4.78 is 0. The fourth-order valence-corrected chi connectivity index (χ4v) is 1.25. The van der Waals surface area contributed by atoms with Crippen molar-refractivity contribution in [3.63, 3.8) is 0 Å². The molecule has 0 aromatic carbocycles. The number of amides is 2. The number of hydrogen-bond acceptors (Lipinski definition) is 3. The van der Waals surface area contributed by atoms with E-state index < -0.39 is 5.91 Å². The molecule has 0 heterocycles. The molecule has 0 aliphatic carbocycles. The standard InChI is InChI=1S/C9H19N3O2/c1-6(2)7(4-10)9(14)12(3)5-8(11)13/h6-7H,4-5,10H2,1-3H3,(H2,11,13). The van der Waals surface area contributed by atoms with Gasteiger partial charge in [0, 0.05) is 13.6 Å². The predicted octanol–water partition coefficient (Wildman–Crippen LogP) is -0.839. The van der Waals surface area contributed by atoms with E-state index in [1.807, 2.05) is 13.8 Å². The highest BCUT2D eigenvalue weighted by Crippen LogP contribution is 2.11. The Morgan fingerprint density at radius 3 is 2.14 bits per heavy atom. The maximum absolute atomic E-state index is 11.7. The van der Waals surface area contributed by atoms with Crippen LogP contribution in [-0.4, -0.2) is 36.9 Å². The molecule has 4 N–H and O–H groups in total. The Hall–Kier alpha value is -1.10. The summed E-state index contributed by atoms with van der Waals surface area (Å²) in [6.45, 7) is 4.09. The van der Waals surface area contributed by atoms with Gasteiger partial charge in [-0.1, -0.05) is 13.8 Å². The molecule has 0 rings (SSSR count). The number of carbonyl (C=O) groups is 2. The Kier molecular flexibility index (Phi) is 5.15. The third-order valence-electron chi connectivity index (χ3n) is 2.15. The molecule has 0 aliphatic heterocycles. The summed E-state index contributed by atoms with van der Waals surface area (Å²) in [4.78, 5) is 23.6. The molecule has 5 nitrogen and oxygen atoms in total. The number of primary amides is 1. The Bertz CT molecular complexity index is 216. The van der Waals surface area contributed by atoms with E-state index in [1.165, 1.54) is 4.90 Å². The van der Waals surface area contributed by atoms with Gasteiger partial charge in [0.2, 0.25) is 11.8 Å². The minimum Gasteiger partial charge on any atom is -0.368 e. The maximum atomic E-state index is 11.7. The van der Waals surface area contributed by atoms with E-state index in [0.29, 0.717) is 6.54 Å². The molecule has 0 bridgehead atoms. The van der Waals surface area contributed by atoms with Crippen LogP contribution in [0.2, 0.25) is 0 Å². The van der Waals surface area contributed by atoms with E-state index in [9.17, 15) is 9.59 Å². The number of rotatable bonds is 5. The van der Waals surface area contributed by atoms with Gasteiger partial charge in [-0.05, 0) is 5.92 Å². The SMILES string of the molecule is CC(C)C(CN)C(=O)N(C)CC(N)=O. The van der Waals surface area contributed by atoms with Gasteiger partial charge in [0.15, 0.2) is 0 Å². The molecule has 2 amide bonds. The fraction of sp³-hybridized carbons (Fsp3) is 0.778. The van der Waals surface area contributed by atoms with Crippen molar-refractivity contribution in [3.05, 3.63) is 0 Å². The van der Waals surface area contributed by atoms with Gasteiger partial charge in [-0.2, -0.15) is 0 Å². The Balaban J connectivity index is 4.34. The van der Waals surface area contributed by atoms with Gasteiger partial charge in [0.05, 0.1) is 12.5 Å². The van der Waals surface area contributed by atoms with Crippen LogP contribution in [0.5, 0.6) is 0 Å². The van der Waals surface area contributed by atoms with Crippen LogP contribution >= 0.6 is 0 Å². The first-order valence-electron chi connectivity index (χ1n) is 4.63. The summed E-state index contributed by atoms with van der Waals surface area (Å²) in [6.07, 6.45) is 0. The highest BCUT2D eigenvalue weighted by Gasteiger charge is 2.24. The first-order valence-corrected chi connectivity index (χ1v) is 4.63. The lowest BCUT2D eigenvalue weighted by atomic mass is 9.94. The monoisotopic (exact) mass is 201 g/mol. The highest BCUT2D eigenvalue weighted by atomic mass is 16.2. The number of nitrogens with zero attached hydrogens (tertiary/aromatic N) is 1. The summed E-state index contributed by atoms with van der Waals surface area (Å²) in [5, 5.41) is 0. The van der Waals surface area contributed by atoms with Crippen LogP contribution in [0, 0.1) is 11.8 Å². The summed E-state index contributed by atoms with van der Waals surface area (Å²) in [5.41, 5.74) is 10.5. The lowest BCUT2D eigenvalue weighted by Gasteiger charge is -2.24. The van der Waals surface area contributed by atoms with Crippen molar-refractivity contribution in [1.29, 1.82) is 0 Å². The highest BCUT2D eigenvalue weighted by molar-refractivity contribution is 5.85. The first kappa shape index (κ1) is 12.9. The van der Waals surface area contributed by atoms with Gasteiger partial charge in [-0.15, -0.1) is 0 Å². The predicted molar refractivity (Wildman–Crippen MR) is 54.2 cm³/mol. The average Bonchev–Trinajstić information content (AvgIpc) is 2.03. The molecule has 1 atom stereocenters. The number of likely N-dealkylation sites (N-methyl/N-ethyl adjacent to an activating group) is 1. The zero-order chi connectivity index (χ0) is 11.3. The quantitative estimate of drug-likeness (QED) is 0.608. The zero-order valence-corrected chi connectivity index (χ0v) is 8.99. The average molecular weight is 201 g/mol. The topological polar surface area (TPSA) is 89.4 Å². The Morgan fingerprint density at radius 2 is 1.86 bits per heavy atom. The summed E-state index contributed by atoms with van der Waals surface area (Å²) >= 11 is 0. The minimum absolute atomic E-state index is 0.0535. The molecule has 0 radical (unpaired) electrons. The van der Waals surface area contributed by atoms with E-state index in [4.69, 9.17) is 11.5 Å². The van der Waals surface area contributed by atoms with Gasteiger partial charge in [-0.25, -0.2) is 0 Å². The van der Waals surface area contributed by atoms with Crippen molar-refractivity contribution in [2.75, 3.05) is 20.1 Å². The van der Waals surface area contributed by atoms with Crippen LogP contribution in [0.1, 0.15) is 13.8 Å². The Labute approximate surface area is 84.4 Å². The molecule has 0 aromatic heterocycles. The summed E-state index contributed by atoms with van der Waals surface area (Å²) in [5.74, 6) is -0.705. The van der Waals surface area contributed by atoms with E-state index in [0.717, 1.165) is 0 Å². The van der Waals surface area contributed by atoms with Crippen molar-refractivity contribution in [3.8, 4) is 0 Å². The lowest BCUT2D eigenvalue weighted by molar-refractivity contribution is -0.138. The van der Waals surface area contributed by atoms with Crippen molar-refractivity contribution in [2.45, 2.75) is 13.8 Å². The number of nitrogens with two attached hydrogens (primary N) is 2. The second-order valence-electron chi connectivity index (χ2n) is 3.75. The van der Waals surface area contributed by atoms with Crippen LogP contribution in [-0.2, 0) is 9.59 Å². The second-order valence-corrected chi connectivity index (χ2v) is 3.75. The van der Waals surface area contributed by atoms with Crippen molar-refractivity contribution < 1.29 is 9.59 Å². The van der Waals surface area contributed by atoms with E-state index in [1.54, 1.807) is 7.05 Å². The second kappa shape index (κ2) is 5.59. The summed E-state index contributed by atoms with van der Waals surface area (Å²) in [7, 11) is 1.55. The minimum atomic E-state index is -0.514. The normalized spacial score (nSPS) is 12.6. The summed E-state index contributed by atoms with van der Waals surface area (Å²) in [6, 6.07) is 0. The maximum Gasteiger partial charge on any atom is 0.237 e. The fourth-order valence-electron chi connectivity index (χ4n) is 1.25. The molecule has 0 fully saturated rings. The smallest absolute Gasteiger partial charge is 0.237 e. The molecule has 0 aliphatic rings. The molecule has 5 heteroatoms. The largest absolute Gasteiger partial charge is 0.368 e. The molecule has 14 heavy (non-hydrogen) atoms. The molecule has 82 valence electrons.